The largest absolute Gasteiger partial charge is 0.497 e. The molecule has 0 bridgehead atoms. The van der Waals surface area contributed by atoms with E-state index in [1.54, 1.807) is 7.11 Å². The van der Waals surface area contributed by atoms with E-state index in [1.165, 1.54) is 0 Å². The highest BCUT2D eigenvalue weighted by atomic mass is 16.5. The Bertz CT molecular complexity index is 931. The summed E-state index contributed by atoms with van der Waals surface area (Å²) < 4.78 is 11.0. The molecule has 0 atom stereocenters. The first-order chi connectivity index (χ1) is 13.0. The van der Waals surface area contributed by atoms with E-state index in [0.717, 1.165) is 28.9 Å². The quantitative estimate of drug-likeness (QED) is 0.691. The van der Waals surface area contributed by atoms with E-state index in [1.807, 2.05) is 62.4 Å². The van der Waals surface area contributed by atoms with Crippen LogP contribution in [0.15, 0.2) is 52.9 Å². The second-order valence-corrected chi connectivity index (χ2v) is 6.52. The summed E-state index contributed by atoms with van der Waals surface area (Å²) in [6.07, 6.45) is 0.953. The third-order valence-corrected chi connectivity index (χ3v) is 4.36. The predicted octanol–water partition coefficient (Wildman–Crippen LogP) is 3.87. The highest BCUT2D eigenvalue weighted by Gasteiger charge is 2.14. The van der Waals surface area contributed by atoms with Gasteiger partial charge in [-0.15, -0.1) is 0 Å². The van der Waals surface area contributed by atoms with Crippen LogP contribution in [0.2, 0.25) is 0 Å². The molecule has 27 heavy (non-hydrogen) atoms. The van der Waals surface area contributed by atoms with Gasteiger partial charge in [0.15, 0.2) is 0 Å². The summed E-state index contributed by atoms with van der Waals surface area (Å²) in [5.74, 6) is 1.98. The number of oxazole rings is 1. The van der Waals surface area contributed by atoms with Gasteiger partial charge in [0, 0.05) is 12.1 Å². The van der Waals surface area contributed by atoms with Crippen molar-refractivity contribution in [2.75, 3.05) is 13.7 Å². The van der Waals surface area contributed by atoms with Gasteiger partial charge in [0.2, 0.25) is 11.8 Å². The van der Waals surface area contributed by atoms with Crippen LogP contribution in [0, 0.1) is 13.8 Å². The average molecular weight is 364 g/mol. The maximum Gasteiger partial charge on any atom is 0.226 e. The molecular formula is C22H24N2O3. The molecule has 140 valence electrons. The minimum absolute atomic E-state index is 0.0647. The van der Waals surface area contributed by atoms with Gasteiger partial charge in [-0.05, 0) is 50.1 Å². The molecule has 0 saturated carbocycles. The van der Waals surface area contributed by atoms with Crippen molar-refractivity contribution in [3.8, 4) is 17.2 Å². The minimum Gasteiger partial charge on any atom is -0.497 e. The van der Waals surface area contributed by atoms with Gasteiger partial charge < -0.3 is 14.5 Å². The van der Waals surface area contributed by atoms with Crippen LogP contribution in [0.4, 0.5) is 0 Å². The molecule has 1 heterocycles. The van der Waals surface area contributed by atoms with Crippen molar-refractivity contribution in [3.05, 3.63) is 71.1 Å². The van der Waals surface area contributed by atoms with Gasteiger partial charge in [-0.25, -0.2) is 4.98 Å². The molecule has 0 spiro atoms. The zero-order valence-corrected chi connectivity index (χ0v) is 15.9. The van der Waals surface area contributed by atoms with Crippen molar-refractivity contribution in [2.45, 2.75) is 26.7 Å². The maximum atomic E-state index is 12.3. The molecule has 0 aliphatic heterocycles. The standard InChI is InChI=1S/C22H24N2O3/c1-15-6-4-8-18(12-15)22-24-20(16(2)27-22)14-21(25)23-11-10-17-7-5-9-19(13-17)26-3/h4-9,12-13H,10-11,14H2,1-3H3,(H,23,25). The SMILES string of the molecule is COc1cccc(CCNC(=O)Cc2nc(-c3cccc(C)c3)oc2C)c1. The number of nitrogens with zero attached hydrogens (tertiary/aromatic N) is 1. The molecule has 5 nitrogen and oxygen atoms in total. The van der Waals surface area contributed by atoms with Crippen molar-refractivity contribution in [2.24, 2.45) is 0 Å². The van der Waals surface area contributed by atoms with Crippen LogP contribution in [-0.4, -0.2) is 24.5 Å². The summed E-state index contributed by atoms with van der Waals surface area (Å²) in [7, 11) is 1.64. The summed E-state index contributed by atoms with van der Waals surface area (Å²) in [6.45, 7) is 4.43. The number of rotatable bonds is 7. The Morgan fingerprint density at radius 2 is 1.96 bits per heavy atom. The third kappa shape index (κ3) is 4.97. The number of benzene rings is 2. The lowest BCUT2D eigenvalue weighted by molar-refractivity contribution is -0.120. The van der Waals surface area contributed by atoms with Crippen molar-refractivity contribution in [1.82, 2.24) is 10.3 Å². The molecule has 3 aromatic rings. The summed E-state index contributed by atoms with van der Waals surface area (Å²) >= 11 is 0. The first-order valence-corrected chi connectivity index (χ1v) is 8.98. The summed E-state index contributed by atoms with van der Waals surface area (Å²) in [6, 6.07) is 15.8. The van der Waals surface area contributed by atoms with E-state index in [-0.39, 0.29) is 12.3 Å². The Balaban J connectivity index is 1.56. The number of aryl methyl sites for hydroxylation is 2. The molecule has 2 aromatic carbocycles. The lowest BCUT2D eigenvalue weighted by Crippen LogP contribution is -2.27. The molecule has 0 saturated heterocycles. The van der Waals surface area contributed by atoms with Crippen LogP contribution in [0.5, 0.6) is 5.75 Å². The number of aromatic nitrogens is 1. The predicted molar refractivity (Wildman–Crippen MR) is 105 cm³/mol. The monoisotopic (exact) mass is 364 g/mol. The Labute approximate surface area is 159 Å². The van der Waals surface area contributed by atoms with Crippen LogP contribution in [-0.2, 0) is 17.6 Å². The Hall–Kier alpha value is -3.08. The summed E-state index contributed by atoms with van der Waals surface area (Å²) in [4.78, 5) is 16.8. The van der Waals surface area contributed by atoms with Crippen LogP contribution in [0.3, 0.4) is 0 Å². The number of methoxy groups -OCH3 is 1. The van der Waals surface area contributed by atoms with E-state index in [9.17, 15) is 4.79 Å². The van der Waals surface area contributed by atoms with Gasteiger partial charge in [-0.2, -0.15) is 0 Å². The van der Waals surface area contributed by atoms with E-state index >= 15 is 0 Å². The molecule has 0 radical (unpaired) electrons. The van der Waals surface area contributed by atoms with Crippen LogP contribution < -0.4 is 10.1 Å². The highest BCUT2D eigenvalue weighted by molar-refractivity contribution is 5.78. The smallest absolute Gasteiger partial charge is 0.226 e. The van der Waals surface area contributed by atoms with E-state index in [0.29, 0.717) is 23.9 Å². The fraction of sp³-hybridized carbons (Fsp3) is 0.273. The van der Waals surface area contributed by atoms with Crippen molar-refractivity contribution < 1.29 is 13.9 Å². The Morgan fingerprint density at radius 3 is 2.74 bits per heavy atom. The molecule has 0 fully saturated rings. The molecule has 1 N–H and O–H groups in total. The fourth-order valence-electron chi connectivity index (χ4n) is 2.88. The molecule has 3 rings (SSSR count). The van der Waals surface area contributed by atoms with Crippen LogP contribution in [0.25, 0.3) is 11.5 Å². The van der Waals surface area contributed by atoms with Crippen molar-refractivity contribution in [1.29, 1.82) is 0 Å². The zero-order valence-electron chi connectivity index (χ0n) is 15.9. The lowest BCUT2D eigenvalue weighted by Gasteiger charge is -2.06. The number of amides is 1. The molecular weight excluding hydrogens is 340 g/mol. The highest BCUT2D eigenvalue weighted by Crippen LogP contribution is 2.22. The minimum atomic E-state index is -0.0647. The van der Waals surface area contributed by atoms with E-state index in [4.69, 9.17) is 9.15 Å². The maximum absolute atomic E-state index is 12.3. The van der Waals surface area contributed by atoms with E-state index in [2.05, 4.69) is 10.3 Å². The van der Waals surface area contributed by atoms with E-state index < -0.39 is 0 Å². The number of ether oxygens (including phenoxy) is 1. The molecule has 0 aliphatic rings. The Kier molecular flexibility index (Phi) is 5.91. The van der Waals surface area contributed by atoms with Crippen LogP contribution >= 0.6 is 0 Å². The topological polar surface area (TPSA) is 64.4 Å². The number of hydrogen-bond acceptors (Lipinski definition) is 4. The lowest BCUT2D eigenvalue weighted by atomic mass is 10.1. The first kappa shape index (κ1) is 18.7. The van der Waals surface area contributed by atoms with Gasteiger partial charge in [-0.3, -0.25) is 4.79 Å². The second-order valence-electron chi connectivity index (χ2n) is 6.52. The first-order valence-electron chi connectivity index (χ1n) is 8.98. The summed E-state index contributed by atoms with van der Waals surface area (Å²) in [5.41, 5.74) is 3.85. The zero-order chi connectivity index (χ0) is 19.2. The van der Waals surface area contributed by atoms with Gasteiger partial charge in [0.1, 0.15) is 11.5 Å². The van der Waals surface area contributed by atoms with Crippen molar-refractivity contribution >= 4 is 5.91 Å². The molecule has 5 heteroatoms. The van der Waals surface area contributed by atoms with Gasteiger partial charge in [0.05, 0.1) is 19.2 Å². The Morgan fingerprint density at radius 1 is 1.15 bits per heavy atom. The van der Waals surface area contributed by atoms with Crippen molar-refractivity contribution in [3.63, 3.8) is 0 Å². The second kappa shape index (κ2) is 8.54. The molecule has 1 amide bonds. The summed E-state index contributed by atoms with van der Waals surface area (Å²) in [5, 5.41) is 2.94. The fourth-order valence-corrected chi connectivity index (χ4v) is 2.88. The van der Waals surface area contributed by atoms with Crippen LogP contribution in [0.1, 0.15) is 22.6 Å². The van der Waals surface area contributed by atoms with Gasteiger partial charge in [-0.1, -0.05) is 29.8 Å². The molecule has 0 unspecified atom stereocenters. The molecule has 0 aliphatic carbocycles. The third-order valence-electron chi connectivity index (χ3n) is 4.36. The number of carbonyl (C=O) groups excluding carboxylic acids is 1. The normalized spacial score (nSPS) is 10.6. The number of hydrogen-bond donors (Lipinski definition) is 1. The van der Waals surface area contributed by atoms with Gasteiger partial charge >= 0.3 is 0 Å². The van der Waals surface area contributed by atoms with Gasteiger partial charge in [0.25, 0.3) is 0 Å². The number of carbonyl (C=O) groups is 1. The molecule has 1 aromatic heterocycles. The average Bonchev–Trinajstić information content (AvgIpc) is 3.02. The number of nitrogens with one attached hydrogen (secondary N) is 1.